The van der Waals surface area contributed by atoms with Gasteiger partial charge < -0.3 is 5.73 Å². The van der Waals surface area contributed by atoms with Crippen LogP contribution in [0, 0.1) is 5.92 Å². The molecule has 1 aromatic rings. The second-order valence-electron chi connectivity index (χ2n) is 4.61. The summed E-state index contributed by atoms with van der Waals surface area (Å²) >= 11 is 1.93. The number of nitrogen functional groups attached to an aromatic ring is 1. The number of hydrogen-bond acceptors (Lipinski definition) is 3. The molecule has 0 saturated heterocycles. The molecule has 0 spiro atoms. The van der Waals surface area contributed by atoms with Gasteiger partial charge in [-0.3, -0.25) is 0 Å². The molecule has 88 valence electrons. The van der Waals surface area contributed by atoms with E-state index in [0.29, 0.717) is 0 Å². The molecule has 2 N–H and O–H groups in total. The smallest absolute Gasteiger partial charge is 0.0964 e. The van der Waals surface area contributed by atoms with E-state index in [-0.39, 0.29) is 0 Å². The van der Waals surface area contributed by atoms with Crippen LogP contribution in [0.3, 0.4) is 0 Å². The van der Waals surface area contributed by atoms with Gasteiger partial charge in [-0.15, -0.1) is 11.8 Å². The molecule has 2 unspecified atom stereocenters. The largest absolute Gasteiger partial charge is 0.397 e. The minimum atomic E-state index is 0.749. The fourth-order valence-corrected chi connectivity index (χ4v) is 3.61. The molecule has 1 fully saturated rings. The molecule has 1 aromatic heterocycles. The molecule has 16 heavy (non-hydrogen) atoms. The molecule has 0 bridgehead atoms. The average molecular weight is 236 g/mol. The second kappa shape index (κ2) is 5.58. The van der Waals surface area contributed by atoms with E-state index in [2.05, 4.69) is 11.9 Å². The van der Waals surface area contributed by atoms with Gasteiger partial charge >= 0.3 is 0 Å². The van der Waals surface area contributed by atoms with Crippen molar-refractivity contribution in [1.82, 2.24) is 4.98 Å². The van der Waals surface area contributed by atoms with Gasteiger partial charge in [-0.25, -0.2) is 4.98 Å². The molecule has 0 aromatic carbocycles. The minimum Gasteiger partial charge on any atom is -0.397 e. The number of anilines is 1. The lowest BCUT2D eigenvalue weighted by atomic mass is 9.87. The van der Waals surface area contributed by atoms with Gasteiger partial charge in [-0.05, 0) is 30.9 Å². The Labute approximate surface area is 102 Å². The van der Waals surface area contributed by atoms with Crippen molar-refractivity contribution in [2.24, 2.45) is 5.92 Å². The van der Waals surface area contributed by atoms with Crippen molar-refractivity contribution in [2.75, 3.05) is 5.73 Å². The van der Waals surface area contributed by atoms with Crippen LogP contribution in [-0.4, -0.2) is 10.2 Å². The number of nitrogens with two attached hydrogens (primary N) is 1. The Morgan fingerprint density at radius 3 is 3.00 bits per heavy atom. The number of hydrogen-bond donors (Lipinski definition) is 1. The second-order valence-corrected chi connectivity index (χ2v) is 5.93. The Morgan fingerprint density at radius 1 is 1.44 bits per heavy atom. The summed E-state index contributed by atoms with van der Waals surface area (Å²) in [5.41, 5.74) is 6.38. The first-order valence-electron chi connectivity index (χ1n) is 6.16. The van der Waals surface area contributed by atoms with Crippen molar-refractivity contribution >= 4 is 17.4 Å². The lowest BCUT2D eigenvalue weighted by molar-refractivity contribution is 0.357. The summed E-state index contributed by atoms with van der Waals surface area (Å²) in [5.74, 6) is 0.931. The Balaban J connectivity index is 1.91. The highest BCUT2D eigenvalue weighted by molar-refractivity contribution is 7.99. The number of rotatable bonds is 3. The third-order valence-corrected chi connectivity index (χ3v) is 4.60. The fourth-order valence-electron chi connectivity index (χ4n) is 2.35. The van der Waals surface area contributed by atoms with Crippen LogP contribution in [0.4, 0.5) is 5.69 Å². The molecule has 1 aliphatic rings. The van der Waals surface area contributed by atoms with Crippen molar-refractivity contribution in [1.29, 1.82) is 0 Å². The monoisotopic (exact) mass is 236 g/mol. The molecule has 1 heterocycles. The predicted octanol–water partition coefficient (Wildman–Crippen LogP) is 3.72. The highest BCUT2D eigenvalue weighted by atomic mass is 32.2. The first-order valence-corrected chi connectivity index (χ1v) is 7.04. The summed E-state index contributed by atoms with van der Waals surface area (Å²) in [7, 11) is 0. The Morgan fingerprint density at radius 2 is 2.31 bits per heavy atom. The number of nitrogens with zero attached hydrogens (tertiary/aromatic N) is 1. The predicted molar refractivity (Wildman–Crippen MR) is 70.5 cm³/mol. The average Bonchev–Trinajstić information content (AvgIpc) is 2.32. The molecular weight excluding hydrogens is 216 g/mol. The van der Waals surface area contributed by atoms with Crippen LogP contribution < -0.4 is 5.73 Å². The Bertz CT molecular complexity index is 323. The molecular formula is C13H20N2S. The van der Waals surface area contributed by atoms with Gasteiger partial charge in [0.1, 0.15) is 0 Å². The van der Waals surface area contributed by atoms with E-state index >= 15 is 0 Å². The van der Waals surface area contributed by atoms with Crippen LogP contribution in [0.5, 0.6) is 0 Å². The van der Waals surface area contributed by atoms with Crippen LogP contribution in [0.2, 0.25) is 0 Å². The zero-order chi connectivity index (χ0) is 11.4. The van der Waals surface area contributed by atoms with E-state index < -0.39 is 0 Å². The van der Waals surface area contributed by atoms with Gasteiger partial charge in [0.25, 0.3) is 0 Å². The van der Waals surface area contributed by atoms with Gasteiger partial charge in [0.15, 0.2) is 0 Å². The molecule has 0 amide bonds. The van der Waals surface area contributed by atoms with Crippen molar-refractivity contribution in [3.8, 4) is 0 Å². The molecule has 0 radical (unpaired) electrons. The Kier molecular flexibility index (Phi) is 4.10. The first-order chi connectivity index (χ1) is 7.78. The first kappa shape index (κ1) is 11.8. The standard InChI is InChI=1S/C13H20N2S/c1-2-10-4-3-5-12(8-10)16-13-7-6-11(14)9-15-13/h6-7,9-10,12H,2-5,8,14H2,1H3. The van der Waals surface area contributed by atoms with Crippen LogP contribution in [-0.2, 0) is 0 Å². The number of pyridine rings is 1. The lowest BCUT2D eigenvalue weighted by Gasteiger charge is -2.27. The van der Waals surface area contributed by atoms with Crippen LogP contribution >= 0.6 is 11.8 Å². The van der Waals surface area contributed by atoms with Crippen LogP contribution in [0.1, 0.15) is 39.0 Å². The zero-order valence-electron chi connectivity index (χ0n) is 9.86. The van der Waals surface area contributed by atoms with Crippen LogP contribution in [0.15, 0.2) is 23.4 Å². The maximum Gasteiger partial charge on any atom is 0.0964 e. The molecule has 2 nitrogen and oxygen atoms in total. The molecule has 1 aliphatic carbocycles. The summed E-state index contributed by atoms with van der Waals surface area (Å²) in [6.07, 6.45) is 8.57. The topological polar surface area (TPSA) is 38.9 Å². The molecule has 0 aliphatic heterocycles. The molecule has 2 atom stereocenters. The molecule has 3 heteroatoms. The SMILES string of the molecule is CCC1CCCC(Sc2ccc(N)cn2)C1. The summed E-state index contributed by atoms with van der Waals surface area (Å²) in [4.78, 5) is 4.36. The van der Waals surface area contributed by atoms with E-state index in [4.69, 9.17) is 5.73 Å². The molecule has 2 rings (SSSR count). The third-order valence-electron chi connectivity index (χ3n) is 3.36. The van der Waals surface area contributed by atoms with E-state index in [9.17, 15) is 0 Å². The highest BCUT2D eigenvalue weighted by Gasteiger charge is 2.21. The van der Waals surface area contributed by atoms with Crippen molar-refractivity contribution in [3.63, 3.8) is 0 Å². The zero-order valence-corrected chi connectivity index (χ0v) is 10.7. The van der Waals surface area contributed by atoms with Crippen molar-refractivity contribution in [3.05, 3.63) is 18.3 Å². The number of aromatic nitrogens is 1. The summed E-state index contributed by atoms with van der Waals surface area (Å²) in [5, 5.41) is 1.88. The summed E-state index contributed by atoms with van der Waals surface area (Å²) in [6.45, 7) is 2.30. The third kappa shape index (κ3) is 3.14. The highest BCUT2D eigenvalue weighted by Crippen LogP contribution is 2.36. The summed E-state index contributed by atoms with van der Waals surface area (Å²) in [6, 6.07) is 3.98. The normalized spacial score (nSPS) is 25.6. The fraction of sp³-hybridized carbons (Fsp3) is 0.615. The van der Waals surface area contributed by atoms with Crippen LogP contribution in [0.25, 0.3) is 0 Å². The lowest BCUT2D eigenvalue weighted by Crippen LogP contribution is -2.16. The van der Waals surface area contributed by atoms with E-state index in [1.165, 1.54) is 32.1 Å². The quantitative estimate of drug-likeness (QED) is 0.869. The van der Waals surface area contributed by atoms with E-state index in [0.717, 1.165) is 21.9 Å². The van der Waals surface area contributed by atoms with Gasteiger partial charge in [0.05, 0.1) is 16.9 Å². The van der Waals surface area contributed by atoms with Crippen molar-refractivity contribution in [2.45, 2.75) is 49.3 Å². The minimum absolute atomic E-state index is 0.749. The van der Waals surface area contributed by atoms with Gasteiger partial charge in [0.2, 0.25) is 0 Å². The van der Waals surface area contributed by atoms with E-state index in [1.54, 1.807) is 6.20 Å². The number of thioether (sulfide) groups is 1. The van der Waals surface area contributed by atoms with Gasteiger partial charge in [0, 0.05) is 5.25 Å². The van der Waals surface area contributed by atoms with Gasteiger partial charge in [-0.1, -0.05) is 26.2 Å². The van der Waals surface area contributed by atoms with E-state index in [1.807, 2.05) is 23.9 Å². The Hall–Kier alpha value is -0.700. The van der Waals surface area contributed by atoms with Gasteiger partial charge in [-0.2, -0.15) is 0 Å². The molecule has 1 saturated carbocycles. The summed E-state index contributed by atoms with van der Waals surface area (Å²) < 4.78 is 0. The maximum absolute atomic E-state index is 5.63. The maximum atomic E-state index is 5.63. The van der Waals surface area contributed by atoms with Crippen molar-refractivity contribution < 1.29 is 0 Å².